The molecule has 0 aliphatic carbocycles. The highest BCUT2D eigenvalue weighted by atomic mass is 35.5. The molecule has 0 unspecified atom stereocenters. The summed E-state index contributed by atoms with van der Waals surface area (Å²) in [6, 6.07) is 7.30. The standard InChI is InChI=1S/C15H12Cl5N/c1-2-21-7-8-3-4-9(10(16)5-8)13-11(17)6-12(18)14(19)15(13)20/h3-6,21H,2,7H2,1H3. The minimum Gasteiger partial charge on any atom is -0.313 e. The third-order valence-electron chi connectivity index (χ3n) is 3.00. The molecule has 6 heteroatoms. The van der Waals surface area contributed by atoms with Crippen LogP contribution >= 0.6 is 58.0 Å². The molecule has 0 fully saturated rings. The van der Waals surface area contributed by atoms with Crippen molar-refractivity contribution in [3.8, 4) is 11.1 Å². The second-order valence-corrected chi connectivity index (χ2v) is 6.42. The van der Waals surface area contributed by atoms with E-state index in [4.69, 9.17) is 58.0 Å². The third-order valence-corrected chi connectivity index (χ3v) is 4.87. The van der Waals surface area contributed by atoms with Crippen LogP contribution < -0.4 is 5.32 Å². The van der Waals surface area contributed by atoms with E-state index >= 15 is 0 Å². The maximum atomic E-state index is 6.36. The molecule has 0 bridgehead atoms. The van der Waals surface area contributed by atoms with E-state index in [1.807, 2.05) is 25.1 Å². The minimum absolute atomic E-state index is 0.269. The lowest BCUT2D eigenvalue weighted by atomic mass is 10.0. The van der Waals surface area contributed by atoms with Crippen molar-refractivity contribution >= 4 is 58.0 Å². The van der Waals surface area contributed by atoms with E-state index in [1.165, 1.54) is 0 Å². The van der Waals surface area contributed by atoms with E-state index in [1.54, 1.807) is 6.07 Å². The van der Waals surface area contributed by atoms with Gasteiger partial charge < -0.3 is 5.32 Å². The normalized spacial score (nSPS) is 11.0. The predicted octanol–water partition coefficient (Wildman–Crippen LogP) is 6.73. The molecule has 2 aromatic carbocycles. The number of halogens is 5. The Kier molecular flexibility index (Phi) is 6.07. The molecule has 0 spiro atoms. The first-order valence-electron chi connectivity index (χ1n) is 6.28. The predicted molar refractivity (Wildman–Crippen MR) is 94.3 cm³/mol. The quantitative estimate of drug-likeness (QED) is 0.456. The van der Waals surface area contributed by atoms with Crippen molar-refractivity contribution in [2.75, 3.05) is 6.54 Å². The van der Waals surface area contributed by atoms with E-state index in [0.29, 0.717) is 25.7 Å². The van der Waals surface area contributed by atoms with Crippen LogP contribution in [0.2, 0.25) is 25.1 Å². The van der Waals surface area contributed by atoms with Crippen molar-refractivity contribution in [2.45, 2.75) is 13.5 Å². The van der Waals surface area contributed by atoms with Crippen molar-refractivity contribution in [2.24, 2.45) is 0 Å². The first-order chi connectivity index (χ1) is 9.95. The molecular weight excluding hydrogens is 371 g/mol. The van der Waals surface area contributed by atoms with Gasteiger partial charge in [-0.15, -0.1) is 0 Å². The van der Waals surface area contributed by atoms with Gasteiger partial charge in [-0.2, -0.15) is 0 Å². The zero-order valence-corrected chi connectivity index (χ0v) is 14.9. The van der Waals surface area contributed by atoms with Crippen LogP contribution in [0.4, 0.5) is 0 Å². The van der Waals surface area contributed by atoms with Crippen LogP contribution in [0.15, 0.2) is 24.3 Å². The van der Waals surface area contributed by atoms with E-state index in [0.717, 1.165) is 24.2 Å². The maximum absolute atomic E-state index is 6.36. The highest BCUT2D eigenvalue weighted by Crippen LogP contribution is 2.45. The summed E-state index contributed by atoms with van der Waals surface area (Å²) in [5, 5.41) is 5.10. The molecule has 21 heavy (non-hydrogen) atoms. The molecule has 1 nitrogen and oxygen atoms in total. The Bertz CT molecular complexity index is 670. The molecular formula is C15H12Cl5N. The molecule has 0 amide bonds. The molecule has 0 saturated carbocycles. The Hall–Kier alpha value is -0.150. The lowest BCUT2D eigenvalue weighted by Crippen LogP contribution is -2.11. The summed E-state index contributed by atoms with van der Waals surface area (Å²) in [5.41, 5.74) is 2.40. The van der Waals surface area contributed by atoms with Crippen LogP contribution in [0.5, 0.6) is 0 Å². The fraction of sp³-hybridized carbons (Fsp3) is 0.200. The minimum atomic E-state index is 0.269. The monoisotopic (exact) mass is 381 g/mol. The first-order valence-corrected chi connectivity index (χ1v) is 8.17. The van der Waals surface area contributed by atoms with Gasteiger partial charge in [0.1, 0.15) is 0 Å². The van der Waals surface area contributed by atoms with Crippen LogP contribution in [0.3, 0.4) is 0 Å². The average molecular weight is 384 g/mol. The van der Waals surface area contributed by atoms with Gasteiger partial charge in [0.25, 0.3) is 0 Å². The molecule has 1 N–H and O–H groups in total. The average Bonchev–Trinajstić information content (AvgIpc) is 2.44. The van der Waals surface area contributed by atoms with Crippen molar-refractivity contribution < 1.29 is 0 Å². The number of hydrogen-bond acceptors (Lipinski definition) is 1. The van der Waals surface area contributed by atoms with Crippen molar-refractivity contribution in [3.05, 3.63) is 54.9 Å². The van der Waals surface area contributed by atoms with Crippen LogP contribution in [-0.4, -0.2) is 6.54 Å². The zero-order valence-electron chi connectivity index (χ0n) is 11.1. The molecule has 0 aromatic heterocycles. The van der Waals surface area contributed by atoms with E-state index in [-0.39, 0.29) is 5.02 Å². The summed E-state index contributed by atoms with van der Waals surface area (Å²) in [5.74, 6) is 0. The Labute approximate surface area is 149 Å². The summed E-state index contributed by atoms with van der Waals surface area (Å²) in [7, 11) is 0. The molecule has 0 aliphatic heterocycles. The zero-order chi connectivity index (χ0) is 15.6. The SMILES string of the molecule is CCNCc1ccc(-c2c(Cl)cc(Cl)c(Cl)c2Cl)c(Cl)c1. The number of rotatable bonds is 4. The summed E-state index contributed by atoms with van der Waals surface area (Å²) in [4.78, 5) is 0. The van der Waals surface area contributed by atoms with E-state index in [9.17, 15) is 0 Å². The molecule has 2 rings (SSSR count). The van der Waals surface area contributed by atoms with Gasteiger partial charge in [0.15, 0.2) is 0 Å². The number of hydrogen-bond donors (Lipinski definition) is 1. The Morgan fingerprint density at radius 2 is 1.57 bits per heavy atom. The Morgan fingerprint density at radius 1 is 0.857 bits per heavy atom. The lowest BCUT2D eigenvalue weighted by Gasteiger charge is -2.13. The summed E-state index contributed by atoms with van der Waals surface area (Å²) in [6.45, 7) is 3.69. The molecule has 2 aromatic rings. The molecule has 0 heterocycles. The maximum Gasteiger partial charge on any atom is 0.0785 e. The Morgan fingerprint density at radius 3 is 2.19 bits per heavy atom. The highest BCUT2D eigenvalue weighted by molar-refractivity contribution is 6.51. The van der Waals surface area contributed by atoms with Gasteiger partial charge in [-0.05, 0) is 24.2 Å². The molecule has 0 atom stereocenters. The summed E-state index contributed by atoms with van der Waals surface area (Å²) < 4.78 is 0. The van der Waals surface area contributed by atoms with Crippen LogP contribution in [0, 0.1) is 0 Å². The smallest absolute Gasteiger partial charge is 0.0785 e. The Balaban J connectivity index is 2.50. The number of benzene rings is 2. The lowest BCUT2D eigenvalue weighted by molar-refractivity contribution is 0.727. The molecule has 112 valence electrons. The van der Waals surface area contributed by atoms with Gasteiger partial charge in [0.2, 0.25) is 0 Å². The fourth-order valence-electron chi connectivity index (χ4n) is 1.95. The van der Waals surface area contributed by atoms with Crippen LogP contribution in [0.25, 0.3) is 11.1 Å². The van der Waals surface area contributed by atoms with Gasteiger partial charge in [0.05, 0.1) is 20.1 Å². The van der Waals surface area contributed by atoms with Gasteiger partial charge in [-0.1, -0.05) is 77.1 Å². The van der Waals surface area contributed by atoms with Gasteiger partial charge in [0, 0.05) is 22.7 Å². The third kappa shape index (κ3) is 3.79. The first kappa shape index (κ1) is 17.2. The van der Waals surface area contributed by atoms with Gasteiger partial charge in [-0.3, -0.25) is 0 Å². The van der Waals surface area contributed by atoms with Crippen molar-refractivity contribution in [1.82, 2.24) is 5.32 Å². The fourth-order valence-corrected chi connectivity index (χ4v) is 3.37. The second kappa shape index (κ2) is 7.41. The topological polar surface area (TPSA) is 12.0 Å². The van der Waals surface area contributed by atoms with E-state index < -0.39 is 0 Å². The van der Waals surface area contributed by atoms with E-state index in [2.05, 4.69) is 5.32 Å². The van der Waals surface area contributed by atoms with Gasteiger partial charge in [-0.25, -0.2) is 0 Å². The summed E-state index contributed by atoms with van der Waals surface area (Å²) >= 11 is 30.9. The molecule has 0 radical (unpaired) electrons. The summed E-state index contributed by atoms with van der Waals surface area (Å²) in [6.07, 6.45) is 0. The molecule has 0 aliphatic rings. The van der Waals surface area contributed by atoms with Crippen molar-refractivity contribution in [3.63, 3.8) is 0 Å². The highest BCUT2D eigenvalue weighted by Gasteiger charge is 2.17. The largest absolute Gasteiger partial charge is 0.313 e. The van der Waals surface area contributed by atoms with Crippen molar-refractivity contribution in [1.29, 1.82) is 0 Å². The van der Waals surface area contributed by atoms with Crippen LogP contribution in [-0.2, 0) is 6.54 Å². The van der Waals surface area contributed by atoms with Gasteiger partial charge >= 0.3 is 0 Å². The van der Waals surface area contributed by atoms with Crippen LogP contribution in [0.1, 0.15) is 12.5 Å². The number of nitrogens with one attached hydrogen (secondary N) is 1. The second-order valence-electron chi connectivity index (χ2n) is 4.44. The molecule has 0 saturated heterocycles.